The van der Waals surface area contributed by atoms with Gasteiger partial charge < -0.3 is 15.2 Å². The molecule has 104 valence electrons. The zero-order valence-electron chi connectivity index (χ0n) is 10.8. The molecular formula is C14H13FN2O3. The van der Waals surface area contributed by atoms with Crippen LogP contribution in [-0.2, 0) is 0 Å². The van der Waals surface area contributed by atoms with Crippen LogP contribution in [0, 0.1) is 5.82 Å². The van der Waals surface area contributed by atoms with Crippen molar-refractivity contribution in [3.8, 4) is 5.75 Å². The second kappa shape index (κ2) is 6.01. The largest absolute Gasteiger partial charge is 0.491 e. The van der Waals surface area contributed by atoms with Crippen molar-refractivity contribution in [2.75, 3.05) is 11.9 Å². The van der Waals surface area contributed by atoms with Crippen molar-refractivity contribution in [2.45, 2.75) is 6.92 Å². The number of aromatic nitrogens is 1. The van der Waals surface area contributed by atoms with Crippen LogP contribution in [0.5, 0.6) is 5.75 Å². The Bertz CT molecular complexity index is 632. The van der Waals surface area contributed by atoms with E-state index in [1.165, 1.54) is 24.4 Å². The van der Waals surface area contributed by atoms with E-state index in [4.69, 9.17) is 9.84 Å². The lowest BCUT2D eigenvalue weighted by Crippen LogP contribution is -2.01. The summed E-state index contributed by atoms with van der Waals surface area (Å²) in [5.41, 5.74) is 0.927. The van der Waals surface area contributed by atoms with E-state index in [9.17, 15) is 9.18 Å². The van der Waals surface area contributed by atoms with Gasteiger partial charge in [0.05, 0.1) is 6.61 Å². The molecule has 0 bridgehead atoms. The van der Waals surface area contributed by atoms with Crippen LogP contribution >= 0.6 is 0 Å². The summed E-state index contributed by atoms with van der Waals surface area (Å²) in [7, 11) is 0. The number of hydrogen-bond acceptors (Lipinski definition) is 4. The number of anilines is 2. The number of nitrogens with one attached hydrogen (secondary N) is 1. The van der Waals surface area contributed by atoms with Gasteiger partial charge in [-0.25, -0.2) is 14.2 Å². The van der Waals surface area contributed by atoms with Gasteiger partial charge in [0.1, 0.15) is 5.69 Å². The molecule has 5 nitrogen and oxygen atoms in total. The van der Waals surface area contributed by atoms with Crippen LogP contribution in [0.15, 0.2) is 36.5 Å². The number of rotatable bonds is 5. The van der Waals surface area contributed by atoms with Crippen molar-refractivity contribution in [1.29, 1.82) is 0 Å². The Morgan fingerprint density at radius 3 is 2.75 bits per heavy atom. The predicted molar refractivity (Wildman–Crippen MR) is 72.0 cm³/mol. The summed E-state index contributed by atoms with van der Waals surface area (Å²) in [6.07, 6.45) is 1.37. The number of aromatic carboxylic acids is 1. The average Bonchev–Trinajstić information content (AvgIpc) is 2.42. The van der Waals surface area contributed by atoms with Crippen molar-refractivity contribution in [2.24, 2.45) is 0 Å². The number of pyridine rings is 1. The summed E-state index contributed by atoms with van der Waals surface area (Å²) in [6.45, 7) is 2.16. The van der Waals surface area contributed by atoms with Gasteiger partial charge in [-0.1, -0.05) is 0 Å². The van der Waals surface area contributed by atoms with Gasteiger partial charge in [0, 0.05) is 23.6 Å². The van der Waals surface area contributed by atoms with Gasteiger partial charge in [-0.3, -0.25) is 0 Å². The van der Waals surface area contributed by atoms with Crippen molar-refractivity contribution < 1.29 is 19.0 Å². The fourth-order valence-electron chi connectivity index (χ4n) is 1.64. The second-order valence-corrected chi connectivity index (χ2v) is 3.94. The van der Waals surface area contributed by atoms with Crippen LogP contribution in [0.3, 0.4) is 0 Å². The number of ether oxygens (including phenoxy) is 1. The molecule has 2 N–H and O–H groups in total. The van der Waals surface area contributed by atoms with Gasteiger partial charge in [0.25, 0.3) is 0 Å². The van der Waals surface area contributed by atoms with E-state index in [2.05, 4.69) is 10.3 Å². The molecule has 0 atom stereocenters. The molecule has 0 spiro atoms. The summed E-state index contributed by atoms with van der Waals surface area (Å²) in [4.78, 5) is 14.5. The maximum Gasteiger partial charge on any atom is 0.354 e. The maximum atomic E-state index is 13.7. The van der Waals surface area contributed by atoms with E-state index in [1.807, 2.05) is 0 Å². The predicted octanol–water partition coefficient (Wildman–Crippen LogP) is 3.06. The first-order valence-electron chi connectivity index (χ1n) is 5.99. The topological polar surface area (TPSA) is 71.5 Å². The van der Waals surface area contributed by atoms with Crippen LogP contribution in [-0.4, -0.2) is 22.7 Å². The first-order chi connectivity index (χ1) is 9.60. The number of carbonyl (C=O) groups is 1. The quantitative estimate of drug-likeness (QED) is 0.878. The highest BCUT2D eigenvalue weighted by Crippen LogP contribution is 2.23. The van der Waals surface area contributed by atoms with Gasteiger partial charge >= 0.3 is 5.97 Å². The molecule has 0 unspecified atom stereocenters. The van der Waals surface area contributed by atoms with E-state index >= 15 is 0 Å². The van der Waals surface area contributed by atoms with Crippen LogP contribution in [0.2, 0.25) is 0 Å². The maximum absolute atomic E-state index is 13.7. The summed E-state index contributed by atoms with van der Waals surface area (Å²) in [5, 5.41) is 11.8. The number of halogens is 1. The monoisotopic (exact) mass is 276 g/mol. The molecule has 2 rings (SSSR count). The standard InChI is InChI=1S/C14H13FN2O3/c1-2-20-13-4-3-9(7-11(13)15)17-10-5-6-16-12(8-10)14(18)19/h3-8H,2H2,1H3,(H,16,17)(H,18,19). The molecule has 20 heavy (non-hydrogen) atoms. The molecular weight excluding hydrogens is 263 g/mol. The molecule has 1 aromatic carbocycles. The van der Waals surface area contributed by atoms with Crippen LogP contribution in [0.25, 0.3) is 0 Å². The Labute approximate surface area is 115 Å². The molecule has 0 aliphatic rings. The van der Waals surface area contributed by atoms with E-state index in [1.54, 1.807) is 19.1 Å². The molecule has 0 saturated heterocycles. The van der Waals surface area contributed by atoms with Crippen LogP contribution < -0.4 is 10.1 Å². The summed E-state index contributed by atoms with van der Waals surface area (Å²) >= 11 is 0. The SMILES string of the molecule is CCOc1ccc(Nc2ccnc(C(=O)O)c2)cc1F. The van der Waals surface area contributed by atoms with Crippen molar-refractivity contribution >= 4 is 17.3 Å². The third kappa shape index (κ3) is 3.23. The third-order valence-electron chi connectivity index (χ3n) is 2.50. The van der Waals surface area contributed by atoms with E-state index in [0.29, 0.717) is 18.0 Å². The Morgan fingerprint density at radius 2 is 2.10 bits per heavy atom. The van der Waals surface area contributed by atoms with E-state index in [0.717, 1.165) is 0 Å². The Hall–Kier alpha value is -2.63. The van der Waals surface area contributed by atoms with Crippen molar-refractivity contribution in [3.05, 3.63) is 48.0 Å². The van der Waals surface area contributed by atoms with Crippen LogP contribution in [0.4, 0.5) is 15.8 Å². The lowest BCUT2D eigenvalue weighted by molar-refractivity contribution is 0.0690. The molecule has 6 heteroatoms. The van der Waals surface area contributed by atoms with Gasteiger partial charge in [-0.15, -0.1) is 0 Å². The highest BCUT2D eigenvalue weighted by molar-refractivity contribution is 5.86. The molecule has 0 aliphatic carbocycles. The van der Waals surface area contributed by atoms with E-state index in [-0.39, 0.29) is 11.4 Å². The lowest BCUT2D eigenvalue weighted by Gasteiger charge is -2.09. The van der Waals surface area contributed by atoms with Crippen molar-refractivity contribution in [1.82, 2.24) is 4.98 Å². The fraction of sp³-hybridized carbons (Fsp3) is 0.143. The smallest absolute Gasteiger partial charge is 0.354 e. The van der Waals surface area contributed by atoms with Gasteiger partial charge in [-0.05, 0) is 31.2 Å². The number of benzene rings is 1. The molecule has 1 heterocycles. The molecule has 2 aromatic rings. The Morgan fingerprint density at radius 1 is 1.35 bits per heavy atom. The van der Waals surface area contributed by atoms with Gasteiger partial charge in [0.15, 0.2) is 11.6 Å². The zero-order valence-corrected chi connectivity index (χ0v) is 10.8. The number of carboxylic acids is 1. The second-order valence-electron chi connectivity index (χ2n) is 3.94. The first-order valence-corrected chi connectivity index (χ1v) is 5.99. The zero-order chi connectivity index (χ0) is 14.5. The van der Waals surface area contributed by atoms with Gasteiger partial charge in [-0.2, -0.15) is 0 Å². The van der Waals surface area contributed by atoms with Gasteiger partial charge in [0.2, 0.25) is 0 Å². The number of hydrogen-bond donors (Lipinski definition) is 2. The molecule has 0 radical (unpaired) electrons. The molecule has 0 aliphatic heterocycles. The summed E-state index contributed by atoms with van der Waals surface area (Å²) in [6, 6.07) is 7.42. The summed E-state index contributed by atoms with van der Waals surface area (Å²) < 4.78 is 18.8. The number of nitrogens with zero attached hydrogens (tertiary/aromatic N) is 1. The number of carboxylic acid groups (broad SMARTS) is 1. The normalized spacial score (nSPS) is 10.1. The highest BCUT2D eigenvalue weighted by atomic mass is 19.1. The lowest BCUT2D eigenvalue weighted by atomic mass is 10.2. The van der Waals surface area contributed by atoms with Crippen LogP contribution in [0.1, 0.15) is 17.4 Å². The Kier molecular flexibility index (Phi) is 4.14. The summed E-state index contributed by atoms with van der Waals surface area (Å²) in [5.74, 6) is -1.42. The van der Waals surface area contributed by atoms with Crippen molar-refractivity contribution in [3.63, 3.8) is 0 Å². The minimum Gasteiger partial charge on any atom is -0.491 e. The fourth-order valence-corrected chi connectivity index (χ4v) is 1.64. The van der Waals surface area contributed by atoms with E-state index < -0.39 is 11.8 Å². The minimum absolute atomic E-state index is 0.0820. The molecule has 0 amide bonds. The third-order valence-corrected chi connectivity index (χ3v) is 2.50. The average molecular weight is 276 g/mol. The first kappa shape index (κ1) is 13.8. The minimum atomic E-state index is -1.12. The molecule has 0 fully saturated rings. The molecule has 0 saturated carbocycles. The highest BCUT2D eigenvalue weighted by Gasteiger charge is 2.07. The molecule has 1 aromatic heterocycles. The Balaban J connectivity index is 2.19.